The van der Waals surface area contributed by atoms with Crippen LogP contribution in [0.2, 0.25) is 0 Å². The molecule has 1 aromatic heterocycles. The van der Waals surface area contributed by atoms with E-state index in [1.54, 1.807) is 24.3 Å². The Labute approximate surface area is 130 Å². The molecule has 3 unspecified atom stereocenters. The highest BCUT2D eigenvalue weighted by Gasteiger charge is 2.53. The minimum Gasteiger partial charge on any atom is -0.505 e. The second kappa shape index (κ2) is 4.87. The second-order valence-electron chi connectivity index (χ2n) is 5.47. The molecule has 0 saturated carbocycles. The van der Waals surface area contributed by atoms with Crippen LogP contribution in [-0.2, 0) is 9.53 Å². The summed E-state index contributed by atoms with van der Waals surface area (Å²) in [6, 6.07) is 8.48. The van der Waals surface area contributed by atoms with E-state index in [1.165, 1.54) is 6.07 Å². The van der Waals surface area contributed by atoms with Gasteiger partial charge in [-0.05, 0) is 12.1 Å². The number of fused-ring (bicyclic) bond motifs is 2. The molecule has 3 atom stereocenters. The molecule has 4 rings (SSSR count). The van der Waals surface area contributed by atoms with Crippen molar-refractivity contribution in [2.75, 3.05) is 0 Å². The van der Waals surface area contributed by atoms with Gasteiger partial charge in [0.2, 0.25) is 0 Å². The number of aliphatic hydroxyl groups is 1. The lowest BCUT2D eigenvalue weighted by Gasteiger charge is -2.17. The van der Waals surface area contributed by atoms with Crippen LogP contribution in [0.25, 0.3) is 10.9 Å². The Morgan fingerprint density at radius 2 is 2.09 bits per heavy atom. The molecule has 1 aromatic carbocycles. The average Bonchev–Trinajstić information content (AvgIpc) is 3.33. The van der Waals surface area contributed by atoms with Gasteiger partial charge in [-0.2, -0.15) is 0 Å². The zero-order chi connectivity index (χ0) is 16.1. The second-order valence-corrected chi connectivity index (χ2v) is 5.47. The molecule has 1 saturated heterocycles. The fourth-order valence-electron chi connectivity index (χ4n) is 2.66. The highest BCUT2D eigenvalue weighted by Crippen LogP contribution is 2.33. The number of nitrogens with one attached hydrogen (secondary N) is 1. The van der Waals surface area contributed by atoms with Crippen molar-refractivity contribution in [2.24, 2.45) is 0 Å². The lowest BCUT2D eigenvalue weighted by molar-refractivity contribution is -0.116. The summed E-state index contributed by atoms with van der Waals surface area (Å²) in [6.07, 6.45) is -1.16. The van der Waals surface area contributed by atoms with Crippen molar-refractivity contribution in [3.8, 4) is 5.75 Å². The number of epoxide rings is 1. The maximum atomic E-state index is 12.3. The van der Waals surface area contributed by atoms with Crippen molar-refractivity contribution in [3.05, 3.63) is 47.8 Å². The van der Waals surface area contributed by atoms with Crippen molar-refractivity contribution in [1.29, 1.82) is 0 Å². The molecule has 23 heavy (non-hydrogen) atoms. The molecule has 2 heterocycles. The Hall–Kier alpha value is -2.77. The molecule has 1 aliphatic carbocycles. The van der Waals surface area contributed by atoms with Crippen molar-refractivity contribution >= 4 is 22.6 Å². The number of ether oxygens (including phenoxy) is 1. The summed E-state index contributed by atoms with van der Waals surface area (Å²) >= 11 is 0. The molecule has 2 aromatic rings. The monoisotopic (exact) mass is 312 g/mol. The van der Waals surface area contributed by atoms with Gasteiger partial charge in [0.1, 0.15) is 24.1 Å². The summed E-state index contributed by atoms with van der Waals surface area (Å²) < 4.78 is 5.03. The number of pyridine rings is 1. The number of amides is 1. The summed E-state index contributed by atoms with van der Waals surface area (Å²) in [4.78, 5) is 28.1. The maximum absolute atomic E-state index is 12.3. The van der Waals surface area contributed by atoms with Crippen LogP contribution < -0.4 is 5.32 Å². The SMILES string of the molecule is O=C(NC1=CC(=O)C2OC2C1O)c1nc2ccccc2cc1O. The Morgan fingerprint density at radius 3 is 2.91 bits per heavy atom. The van der Waals surface area contributed by atoms with Crippen LogP contribution in [0.5, 0.6) is 5.75 Å². The number of aliphatic hydroxyl groups excluding tert-OH is 1. The molecule has 0 radical (unpaired) electrons. The van der Waals surface area contributed by atoms with Crippen LogP contribution in [0.1, 0.15) is 10.5 Å². The van der Waals surface area contributed by atoms with Crippen molar-refractivity contribution in [2.45, 2.75) is 18.3 Å². The summed E-state index contributed by atoms with van der Waals surface area (Å²) in [5.41, 5.74) is 0.423. The minimum absolute atomic E-state index is 0.0492. The third-order valence-corrected chi connectivity index (χ3v) is 3.91. The first-order valence-electron chi connectivity index (χ1n) is 7.03. The third-order valence-electron chi connectivity index (χ3n) is 3.91. The third kappa shape index (κ3) is 2.26. The van der Waals surface area contributed by atoms with Gasteiger partial charge < -0.3 is 20.3 Å². The highest BCUT2D eigenvalue weighted by molar-refractivity contribution is 6.02. The van der Waals surface area contributed by atoms with Gasteiger partial charge in [-0.15, -0.1) is 0 Å². The molecule has 1 aliphatic heterocycles. The molecule has 0 bridgehead atoms. The largest absolute Gasteiger partial charge is 0.505 e. The van der Waals surface area contributed by atoms with Gasteiger partial charge in [-0.3, -0.25) is 9.59 Å². The summed E-state index contributed by atoms with van der Waals surface area (Å²) in [5.74, 6) is -1.28. The lowest BCUT2D eigenvalue weighted by Crippen LogP contribution is -2.37. The first-order valence-corrected chi connectivity index (χ1v) is 7.03. The number of carbonyl (C=O) groups excluding carboxylic acids is 2. The number of aromatic nitrogens is 1. The summed E-state index contributed by atoms with van der Waals surface area (Å²) in [7, 11) is 0. The summed E-state index contributed by atoms with van der Waals surface area (Å²) in [5, 5.41) is 23.1. The normalized spacial score (nSPS) is 25.7. The molecule has 1 fully saturated rings. The number of hydrogen-bond acceptors (Lipinski definition) is 6. The standard InChI is InChI=1S/C16H12N2O5/c19-10-5-7-3-1-2-4-8(7)17-12(10)16(22)18-9-6-11(20)14-15(23-14)13(9)21/h1-6,13-15,19,21H,(H,18,22). The van der Waals surface area contributed by atoms with E-state index in [0.717, 1.165) is 6.08 Å². The fraction of sp³-hybridized carbons (Fsp3) is 0.188. The topological polar surface area (TPSA) is 112 Å². The first-order chi connectivity index (χ1) is 11.0. The molecular weight excluding hydrogens is 300 g/mol. The number of hydrogen-bond donors (Lipinski definition) is 3. The van der Waals surface area contributed by atoms with E-state index in [9.17, 15) is 19.8 Å². The van der Waals surface area contributed by atoms with E-state index in [0.29, 0.717) is 10.9 Å². The van der Waals surface area contributed by atoms with Crippen molar-refractivity contribution in [3.63, 3.8) is 0 Å². The Morgan fingerprint density at radius 1 is 1.30 bits per heavy atom. The van der Waals surface area contributed by atoms with Crippen LogP contribution in [0, 0.1) is 0 Å². The van der Waals surface area contributed by atoms with Crippen LogP contribution >= 0.6 is 0 Å². The molecular formula is C16H12N2O5. The predicted octanol–water partition coefficient (Wildman–Crippen LogP) is 0.265. The van der Waals surface area contributed by atoms with Crippen molar-refractivity contribution < 1.29 is 24.5 Å². The van der Waals surface area contributed by atoms with Gasteiger partial charge >= 0.3 is 0 Å². The van der Waals surface area contributed by atoms with E-state index in [1.807, 2.05) is 0 Å². The fourth-order valence-corrected chi connectivity index (χ4v) is 2.66. The number of para-hydroxylation sites is 1. The van der Waals surface area contributed by atoms with E-state index in [4.69, 9.17) is 4.74 Å². The number of nitrogens with zero attached hydrogens (tertiary/aromatic N) is 1. The van der Waals surface area contributed by atoms with Crippen LogP contribution in [0.4, 0.5) is 0 Å². The smallest absolute Gasteiger partial charge is 0.277 e. The number of aromatic hydroxyl groups is 1. The van der Waals surface area contributed by atoms with E-state index >= 15 is 0 Å². The molecule has 1 amide bonds. The maximum Gasteiger partial charge on any atom is 0.277 e. The Bertz CT molecular complexity index is 876. The van der Waals surface area contributed by atoms with Gasteiger partial charge in [0.25, 0.3) is 5.91 Å². The van der Waals surface area contributed by atoms with Gasteiger partial charge in [-0.25, -0.2) is 4.98 Å². The quantitative estimate of drug-likeness (QED) is 0.686. The average molecular weight is 312 g/mol. The minimum atomic E-state index is -1.08. The molecule has 116 valence electrons. The molecule has 0 spiro atoms. The Balaban J connectivity index is 1.64. The highest BCUT2D eigenvalue weighted by atomic mass is 16.6. The molecule has 7 nitrogen and oxygen atoms in total. The number of rotatable bonds is 2. The van der Waals surface area contributed by atoms with Crippen LogP contribution in [0.15, 0.2) is 42.1 Å². The number of ketones is 1. The number of carbonyl (C=O) groups is 2. The van der Waals surface area contributed by atoms with Gasteiger partial charge in [-0.1, -0.05) is 18.2 Å². The van der Waals surface area contributed by atoms with Gasteiger partial charge in [0.05, 0.1) is 11.2 Å². The van der Waals surface area contributed by atoms with Crippen LogP contribution in [0.3, 0.4) is 0 Å². The van der Waals surface area contributed by atoms with Gasteiger partial charge in [0.15, 0.2) is 11.5 Å². The van der Waals surface area contributed by atoms with Crippen molar-refractivity contribution in [1.82, 2.24) is 10.3 Å². The van der Waals surface area contributed by atoms with E-state index in [-0.39, 0.29) is 22.9 Å². The van der Waals surface area contributed by atoms with E-state index in [2.05, 4.69) is 10.3 Å². The van der Waals surface area contributed by atoms with E-state index < -0.39 is 24.2 Å². The Kier molecular flexibility index (Phi) is 2.93. The summed E-state index contributed by atoms with van der Waals surface area (Å²) in [6.45, 7) is 0. The predicted molar refractivity (Wildman–Crippen MR) is 78.6 cm³/mol. The van der Waals surface area contributed by atoms with Gasteiger partial charge in [0, 0.05) is 11.5 Å². The first kappa shape index (κ1) is 13.9. The zero-order valence-corrected chi connectivity index (χ0v) is 11.8. The molecule has 7 heteroatoms. The molecule has 2 aliphatic rings. The lowest BCUT2D eigenvalue weighted by atomic mass is 10.0. The van der Waals surface area contributed by atoms with Crippen LogP contribution in [-0.4, -0.2) is 45.2 Å². The molecule has 3 N–H and O–H groups in total. The number of benzene rings is 1. The zero-order valence-electron chi connectivity index (χ0n) is 11.8.